The quantitative estimate of drug-likeness (QED) is 0.718. The molecule has 2 aromatic carbocycles. The Balaban J connectivity index is 1.43. The minimum absolute atomic E-state index is 0.0814. The van der Waals surface area contributed by atoms with Gasteiger partial charge in [-0.3, -0.25) is 9.59 Å². The third-order valence-electron chi connectivity index (χ3n) is 5.73. The fourth-order valence-corrected chi connectivity index (χ4v) is 5.44. The summed E-state index contributed by atoms with van der Waals surface area (Å²) in [6.45, 7) is 2.99. The molecule has 0 atom stereocenters. The number of hydrogen-bond donors (Lipinski definition) is 1. The van der Waals surface area contributed by atoms with Crippen molar-refractivity contribution in [2.24, 2.45) is 0 Å². The molecule has 9 heteroatoms. The van der Waals surface area contributed by atoms with Crippen LogP contribution in [0, 0.1) is 0 Å². The van der Waals surface area contributed by atoms with Gasteiger partial charge in [-0.2, -0.15) is 4.31 Å². The normalized spacial score (nSPS) is 17.3. The highest BCUT2D eigenvalue weighted by molar-refractivity contribution is 7.88. The van der Waals surface area contributed by atoms with Crippen molar-refractivity contribution in [3.63, 3.8) is 0 Å². The first-order valence-electron chi connectivity index (χ1n) is 10.8. The van der Waals surface area contributed by atoms with Gasteiger partial charge in [0.1, 0.15) is 0 Å². The number of likely N-dealkylation sites (tertiary alicyclic amines) is 1. The second-order valence-electron chi connectivity index (χ2n) is 7.96. The SMILES string of the molecule is O=C(Nc1ccccc1C(=O)N1CCCC1)c1ccc(CS(=O)(=O)N2CCOCC2)cc1. The lowest BCUT2D eigenvalue weighted by Gasteiger charge is -2.26. The third kappa shape index (κ3) is 5.17. The van der Waals surface area contributed by atoms with Gasteiger partial charge in [-0.25, -0.2) is 8.42 Å². The molecular formula is C23H27N3O5S. The molecule has 0 spiro atoms. The van der Waals surface area contributed by atoms with Gasteiger partial charge >= 0.3 is 0 Å². The van der Waals surface area contributed by atoms with E-state index >= 15 is 0 Å². The molecule has 2 aromatic rings. The topological polar surface area (TPSA) is 96.0 Å². The van der Waals surface area contributed by atoms with Crippen LogP contribution in [0.5, 0.6) is 0 Å². The smallest absolute Gasteiger partial charge is 0.255 e. The van der Waals surface area contributed by atoms with E-state index in [1.165, 1.54) is 4.31 Å². The fraction of sp³-hybridized carbons (Fsp3) is 0.391. The summed E-state index contributed by atoms with van der Waals surface area (Å²) in [5.74, 6) is -0.557. The number of carbonyl (C=O) groups excluding carboxylic acids is 2. The van der Waals surface area contributed by atoms with Crippen LogP contribution in [-0.4, -0.2) is 68.8 Å². The molecule has 0 bridgehead atoms. The molecule has 2 heterocycles. The average Bonchev–Trinajstić information content (AvgIpc) is 3.35. The molecule has 170 valence electrons. The van der Waals surface area contributed by atoms with Crippen molar-refractivity contribution >= 4 is 27.5 Å². The summed E-state index contributed by atoms with van der Waals surface area (Å²) in [5.41, 5.74) is 1.93. The molecule has 0 aliphatic carbocycles. The summed E-state index contributed by atoms with van der Waals surface area (Å²) in [7, 11) is -3.43. The highest BCUT2D eigenvalue weighted by Gasteiger charge is 2.25. The summed E-state index contributed by atoms with van der Waals surface area (Å²) in [6, 6.07) is 13.5. The molecule has 2 amide bonds. The average molecular weight is 458 g/mol. The van der Waals surface area contributed by atoms with Gasteiger partial charge in [-0.1, -0.05) is 24.3 Å². The van der Waals surface area contributed by atoms with E-state index in [-0.39, 0.29) is 17.6 Å². The van der Waals surface area contributed by atoms with E-state index in [1.807, 2.05) is 0 Å². The van der Waals surface area contributed by atoms with E-state index in [4.69, 9.17) is 4.74 Å². The Morgan fingerprint density at radius 3 is 2.25 bits per heavy atom. The van der Waals surface area contributed by atoms with Crippen LogP contribution in [0.15, 0.2) is 48.5 Å². The Hall–Kier alpha value is -2.75. The van der Waals surface area contributed by atoms with E-state index in [1.54, 1.807) is 53.4 Å². The van der Waals surface area contributed by atoms with Crippen molar-refractivity contribution in [3.8, 4) is 0 Å². The lowest BCUT2D eigenvalue weighted by molar-refractivity contribution is 0.0729. The van der Waals surface area contributed by atoms with Crippen LogP contribution in [0.4, 0.5) is 5.69 Å². The van der Waals surface area contributed by atoms with Gasteiger partial charge in [-0.15, -0.1) is 0 Å². The molecule has 2 fully saturated rings. The van der Waals surface area contributed by atoms with E-state index < -0.39 is 10.0 Å². The highest BCUT2D eigenvalue weighted by Crippen LogP contribution is 2.21. The number of sulfonamides is 1. The first kappa shape index (κ1) is 22.4. The van der Waals surface area contributed by atoms with E-state index in [2.05, 4.69) is 5.32 Å². The van der Waals surface area contributed by atoms with E-state index in [9.17, 15) is 18.0 Å². The van der Waals surface area contributed by atoms with Gasteiger partial charge in [0.05, 0.1) is 30.2 Å². The van der Waals surface area contributed by atoms with Crippen LogP contribution in [0.3, 0.4) is 0 Å². The van der Waals surface area contributed by atoms with Gasteiger partial charge in [0.2, 0.25) is 10.0 Å². The number of benzene rings is 2. The summed E-state index contributed by atoms with van der Waals surface area (Å²) in [5, 5.41) is 2.82. The lowest BCUT2D eigenvalue weighted by Crippen LogP contribution is -2.41. The maximum atomic E-state index is 12.8. The molecule has 0 aromatic heterocycles. The molecular weight excluding hydrogens is 430 g/mol. The maximum Gasteiger partial charge on any atom is 0.255 e. The number of anilines is 1. The van der Waals surface area contributed by atoms with Gasteiger partial charge < -0.3 is 15.0 Å². The van der Waals surface area contributed by atoms with Crippen molar-refractivity contribution in [2.45, 2.75) is 18.6 Å². The first-order valence-corrected chi connectivity index (χ1v) is 12.4. The van der Waals surface area contributed by atoms with Crippen LogP contribution < -0.4 is 5.32 Å². The Morgan fingerprint density at radius 1 is 0.906 bits per heavy atom. The number of rotatable bonds is 6. The Morgan fingerprint density at radius 2 is 1.56 bits per heavy atom. The minimum Gasteiger partial charge on any atom is -0.379 e. The van der Waals surface area contributed by atoms with Crippen molar-refractivity contribution < 1.29 is 22.7 Å². The van der Waals surface area contributed by atoms with Crippen molar-refractivity contribution in [1.29, 1.82) is 0 Å². The number of nitrogens with one attached hydrogen (secondary N) is 1. The standard InChI is InChI=1S/C23H27N3O5S/c27-22(24-21-6-2-1-5-20(21)23(28)25-11-3-4-12-25)19-9-7-18(8-10-19)17-32(29,30)26-13-15-31-16-14-26/h1-2,5-10H,3-4,11-17H2,(H,24,27). The maximum absolute atomic E-state index is 12.8. The van der Waals surface area contributed by atoms with Gasteiger partial charge in [0.25, 0.3) is 11.8 Å². The minimum atomic E-state index is -3.43. The van der Waals surface area contributed by atoms with Gasteiger partial charge in [0.15, 0.2) is 0 Å². The highest BCUT2D eigenvalue weighted by atomic mass is 32.2. The zero-order chi connectivity index (χ0) is 22.6. The molecule has 0 unspecified atom stereocenters. The Bertz CT molecular complexity index is 1070. The molecule has 2 aliphatic heterocycles. The molecule has 4 rings (SSSR count). The van der Waals surface area contributed by atoms with Gasteiger partial charge in [0, 0.05) is 31.7 Å². The zero-order valence-corrected chi connectivity index (χ0v) is 18.6. The molecule has 0 radical (unpaired) electrons. The molecule has 2 saturated heterocycles. The number of amides is 2. The summed E-state index contributed by atoms with van der Waals surface area (Å²) < 4.78 is 31.8. The Kier molecular flexibility index (Phi) is 6.88. The summed E-state index contributed by atoms with van der Waals surface area (Å²) in [6.07, 6.45) is 1.99. The van der Waals surface area contributed by atoms with Crippen LogP contribution in [0.25, 0.3) is 0 Å². The van der Waals surface area contributed by atoms with Crippen molar-refractivity contribution in [2.75, 3.05) is 44.7 Å². The van der Waals surface area contributed by atoms with Gasteiger partial charge in [-0.05, 0) is 42.7 Å². The first-order chi connectivity index (χ1) is 15.4. The number of nitrogens with zero attached hydrogens (tertiary/aromatic N) is 2. The second-order valence-corrected chi connectivity index (χ2v) is 9.93. The van der Waals surface area contributed by atoms with Crippen LogP contribution in [-0.2, 0) is 20.5 Å². The molecule has 1 N–H and O–H groups in total. The van der Waals surface area contributed by atoms with E-state index in [0.29, 0.717) is 48.7 Å². The molecule has 32 heavy (non-hydrogen) atoms. The van der Waals surface area contributed by atoms with Crippen LogP contribution in [0.1, 0.15) is 39.1 Å². The Labute approximate surface area is 188 Å². The van der Waals surface area contributed by atoms with Crippen molar-refractivity contribution in [3.05, 3.63) is 65.2 Å². The van der Waals surface area contributed by atoms with Crippen LogP contribution >= 0.6 is 0 Å². The molecule has 8 nitrogen and oxygen atoms in total. The van der Waals surface area contributed by atoms with Crippen molar-refractivity contribution in [1.82, 2.24) is 9.21 Å². The molecule has 0 saturated carbocycles. The number of morpholine rings is 1. The summed E-state index contributed by atoms with van der Waals surface area (Å²) >= 11 is 0. The third-order valence-corrected chi connectivity index (χ3v) is 7.58. The monoisotopic (exact) mass is 457 g/mol. The molecule has 2 aliphatic rings. The number of hydrogen-bond acceptors (Lipinski definition) is 5. The largest absolute Gasteiger partial charge is 0.379 e. The number of carbonyl (C=O) groups is 2. The predicted octanol–water partition coefficient (Wildman–Crippen LogP) is 2.34. The van der Waals surface area contributed by atoms with Crippen LogP contribution in [0.2, 0.25) is 0 Å². The fourth-order valence-electron chi connectivity index (χ4n) is 3.94. The predicted molar refractivity (Wildman–Crippen MR) is 121 cm³/mol. The van der Waals surface area contributed by atoms with E-state index in [0.717, 1.165) is 25.9 Å². The second kappa shape index (κ2) is 9.81. The number of ether oxygens (including phenoxy) is 1. The number of para-hydroxylation sites is 1. The summed E-state index contributed by atoms with van der Waals surface area (Å²) in [4.78, 5) is 27.4. The lowest BCUT2D eigenvalue weighted by atomic mass is 10.1. The zero-order valence-electron chi connectivity index (χ0n) is 17.8.